The summed E-state index contributed by atoms with van der Waals surface area (Å²) in [5.41, 5.74) is 5.57. The third-order valence-corrected chi connectivity index (χ3v) is 2.48. The minimum Gasteiger partial charge on any atom is -0.481 e. The molecule has 1 aromatic rings. The van der Waals surface area contributed by atoms with Crippen molar-refractivity contribution in [2.45, 2.75) is 32.2 Å². The number of carboxylic acid groups (broad SMARTS) is 1. The number of carboxylic acids is 1. The molecule has 0 saturated heterocycles. The molecule has 1 rings (SSSR count). The molecule has 1 amide bonds. The van der Waals surface area contributed by atoms with E-state index in [2.05, 4.69) is 10.3 Å². The zero-order valence-electron chi connectivity index (χ0n) is 10.2. The second-order valence-electron chi connectivity index (χ2n) is 4.10. The lowest BCUT2D eigenvalue weighted by Crippen LogP contribution is -2.21. The Morgan fingerprint density at radius 2 is 2.28 bits per heavy atom. The quantitative estimate of drug-likeness (QED) is 0.676. The molecule has 0 radical (unpaired) electrons. The van der Waals surface area contributed by atoms with Gasteiger partial charge in [-0.1, -0.05) is 0 Å². The van der Waals surface area contributed by atoms with Crippen molar-refractivity contribution in [1.29, 1.82) is 0 Å². The van der Waals surface area contributed by atoms with Crippen LogP contribution in [0.25, 0.3) is 0 Å². The van der Waals surface area contributed by atoms with Crippen LogP contribution in [-0.4, -0.2) is 28.0 Å². The number of aromatic nitrogens is 1. The summed E-state index contributed by atoms with van der Waals surface area (Å²) in [4.78, 5) is 25.6. The molecule has 0 fully saturated rings. The highest BCUT2D eigenvalue weighted by molar-refractivity contribution is 5.97. The van der Waals surface area contributed by atoms with E-state index in [0.717, 1.165) is 0 Å². The van der Waals surface area contributed by atoms with Crippen LogP contribution in [-0.2, 0) is 4.79 Å². The maximum absolute atomic E-state index is 11.2. The predicted octanol–water partition coefficient (Wildman–Crippen LogP) is 1.24. The molecular weight excluding hydrogens is 234 g/mol. The Morgan fingerprint density at radius 3 is 2.89 bits per heavy atom. The van der Waals surface area contributed by atoms with Gasteiger partial charge in [-0.05, 0) is 31.9 Å². The van der Waals surface area contributed by atoms with Crippen LogP contribution in [0.5, 0.6) is 0 Å². The monoisotopic (exact) mass is 251 g/mol. The number of nitrogens with one attached hydrogen (secondary N) is 1. The van der Waals surface area contributed by atoms with Crippen molar-refractivity contribution in [3.8, 4) is 0 Å². The van der Waals surface area contributed by atoms with E-state index in [-0.39, 0.29) is 12.5 Å². The Kier molecular flexibility index (Phi) is 5.10. The first-order valence-electron chi connectivity index (χ1n) is 5.74. The molecule has 0 aliphatic rings. The second kappa shape index (κ2) is 6.58. The lowest BCUT2D eigenvalue weighted by molar-refractivity contribution is -0.137. The maximum Gasteiger partial charge on any atom is 0.303 e. The summed E-state index contributed by atoms with van der Waals surface area (Å²) in [6.07, 6.45) is 2.96. The number of carbonyl (C=O) groups is 2. The number of primary amides is 1. The van der Waals surface area contributed by atoms with Gasteiger partial charge in [-0.25, -0.2) is 4.98 Å². The van der Waals surface area contributed by atoms with Crippen LogP contribution < -0.4 is 11.1 Å². The van der Waals surface area contributed by atoms with Crippen LogP contribution in [0, 0.1) is 0 Å². The summed E-state index contributed by atoms with van der Waals surface area (Å²) >= 11 is 0. The van der Waals surface area contributed by atoms with Gasteiger partial charge < -0.3 is 16.2 Å². The number of nitrogens with two attached hydrogens (primary N) is 1. The molecule has 1 heterocycles. The van der Waals surface area contributed by atoms with Crippen LogP contribution >= 0.6 is 0 Å². The minimum atomic E-state index is -0.808. The molecule has 1 aromatic heterocycles. The SMILES string of the molecule is CC(CCCC(=O)O)Nc1ncccc1C(N)=O. The summed E-state index contributed by atoms with van der Waals surface area (Å²) in [5.74, 6) is -0.908. The summed E-state index contributed by atoms with van der Waals surface area (Å²) in [5, 5.41) is 11.6. The summed E-state index contributed by atoms with van der Waals surface area (Å²) in [6, 6.07) is 3.26. The lowest BCUT2D eigenvalue weighted by atomic mass is 10.1. The Labute approximate surface area is 105 Å². The van der Waals surface area contributed by atoms with E-state index in [4.69, 9.17) is 10.8 Å². The van der Waals surface area contributed by atoms with Gasteiger partial charge in [-0.3, -0.25) is 9.59 Å². The van der Waals surface area contributed by atoms with E-state index >= 15 is 0 Å². The number of pyridine rings is 1. The average molecular weight is 251 g/mol. The van der Waals surface area contributed by atoms with Crippen molar-refractivity contribution in [3.63, 3.8) is 0 Å². The maximum atomic E-state index is 11.2. The zero-order valence-corrected chi connectivity index (χ0v) is 10.2. The molecule has 1 unspecified atom stereocenters. The van der Waals surface area contributed by atoms with Gasteiger partial charge in [0.05, 0.1) is 5.56 Å². The lowest BCUT2D eigenvalue weighted by Gasteiger charge is -2.15. The number of anilines is 1. The fraction of sp³-hybridized carbons (Fsp3) is 0.417. The Balaban J connectivity index is 2.56. The number of carbonyl (C=O) groups excluding carboxylic acids is 1. The Morgan fingerprint density at radius 1 is 1.56 bits per heavy atom. The molecule has 98 valence electrons. The fourth-order valence-electron chi connectivity index (χ4n) is 1.58. The number of rotatable bonds is 7. The van der Waals surface area contributed by atoms with E-state index in [1.54, 1.807) is 18.3 Å². The summed E-state index contributed by atoms with van der Waals surface area (Å²) in [6.45, 7) is 1.90. The van der Waals surface area contributed by atoms with Gasteiger partial charge in [0.2, 0.25) is 0 Å². The molecule has 0 aliphatic heterocycles. The predicted molar refractivity (Wildman–Crippen MR) is 67.3 cm³/mol. The number of amides is 1. The highest BCUT2D eigenvalue weighted by atomic mass is 16.4. The zero-order chi connectivity index (χ0) is 13.5. The third kappa shape index (κ3) is 4.40. The first-order valence-corrected chi connectivity index (χ1v) is 5.74. The van der Waals surface area contributed by atoms with Crippen molar-refractivity contribution < 1.29 is 14.7 Å². The van der Waals surface area contributed by atoms with Crippen molar-refractivity contribution >= 4 is 17.7 Å². The van der Waals surface area contributed by atoms with Crippen LogP contribution in [0.15, 0.2) is 18.3 Å². The van der Waals surface area contributed by atoms with E-state index in [9.17, 15) is 9.59 Å². The van der Waals surface area contributed by atoms with Crippen LogP contribution in [0.2, 0.25) is 0 Å². The van der Waals surface area contributed by atoms with Crippen LogP contribution in [0.4, 0.5) is 5.82 Å². The van der Waals surface area contributed by atoms with Gasteiger partial charge in [0.25, 0.3) is 5.91 Å². The molecule has 18 heavy (non-hydrogen) atoms. The van der Waals surface area contributed by atoms with E-state index in [1.165, 1.54) is 0 Å². The number of aliphatic carboxylic acids is 1. The molecular formula is C12H17N3O3. The largest absolute Gasteiger partial charge is 0.481 e. The van der Waals surface area contributed by atoms with Crippen molar-refractivity contribution in [1.82, 2.24) is 4.98 Å². The molecule has 0 saturated carbocycles. The van der Waals surface area contributed by atoms with Gasteiger partial charge in [0.15, 0.2) is 0 Å². The number of hydrogen-bond acceptors (Lipinski definition) is 4. The van der Waals surface area contributed by atoms with Crippen LogP contribution in [0.3, 0.4) is 0 Å². The number of hydrogen-bond donors (Lipinski definition) is 3. The fourth-order valence-corrected chi connectivity index (χ4v) is 1.58. The highest BCUT2D eigenvalue weighted by Gasteiger charge is 2.11. The summed E-state index contributed by atoms with van der Waals surface area (Å²) < 4.78 is 0. The molecule has 0 aliphatic carbocycles. The van der Waals surface area contributed by atoms with Gasteiger partial charge in [-0.2, -0.15) is 0 Å². The first kappa shape index (κ1) is 14.0. The van der Waals surface area contributed by atoms with Gasteiger partial charge >= 0.3 is 5.97 Å². The molecule has 0 bridgehead atoms. The van der Waals surface area contributed by atoms with E-state index in [0.29, 0.717) is 24.2 Å². The molecule has 0 spiro atoms. The Bertz CT molecular complexity index is 434. The normalized spacial score (nSPS) is 11.8. The molecule has 1 atom stereocenters. The second-order valence-corrected chi connectivity index (χ2v) is 4.10. The topological polar surface area (TPSA) is 105 Å². The van der Waals surface area contributed by atoms with Gasteiger partial charge in [0, 0.05) is 18.7 Å². The van der Waals surface area contributed by atoms with Gasteiger partial charge in [0.1, 0.15) is 5.82 Å². The van der Waals surface area contributed by atoms with Crippen LogP contribution in [0.1, 0.15) is 36.5 Å². The van der Waals surface area contributed by atoms with Gasteiger partial charge in [-0.15, -0.1) is 0 Å². The van der Waals surface area contributed by atoms with Crippen molar-refractivity contribution in [2.75, 3.05) is 5.32 Å². The Hall–Kier alpha value is -2.11. The average Bonchev–Trinajstić information content (AvgIpc) is 2.28. The smallest absolute Gasteiger partial charge is 0.303 e. The van der Waals surface area contributed by atoms with Crippen molar-refractivity contribution in [2.24, 2.45) is 5.73 Å². The van der Waals surface area contributed by atoms with E-state index in [1.807, 2.05) is 6.92 Å². The first-order chi connectivity index (χ1) is 8.50. The molecule has 6 heteroatoms. The standard InChI is InChI=1S/C12H17N3O3/c1-8(4-2-6-10(16)17)15-12-9(11(13)18)5-3-7-14-12/h3,5,7-8H,2,4,6H2,1H3,(H2,13,18)(H,14,15)(H,16,17). The molecule has 6 nitrogen and oxygen atoms in total. The number of nitrogens with zero attached hydrogens (tertiary/aromatic N) is 1. The molecule has 0 aromatic carbocycles. The summed E-state index contributed by atoms with van der Waals surface area (Å²) in [7, 11) is 0. The van der Waals surface area contributed by atoms with E-state index < -0.39 is 11.9 Å². The molecule has 4 N–H and O–H groups in total. The highest BCUT2D eigenvalue weighted by Crippen LogP contribution is 2.13. The van der Waals surface area contributed by atoms with Crippen molar-refractivity contribution in [3.05, 3.63) is 23.9 Å². The minimum absolute atomic E-state index is 0.0253. The third-order valence-electron chi connectivity index (χ3n) is 2.48.